The maximum Gasteiger partial charge on any atom is 0.338 e. The fraction of sp³-hybridized carbons (Fsp3) is 0.393. The Morgan fingerprint density at radius 3 is 2.69 bits per heavy atom. The van der Waals surface area contributed by atoms with Gasteiger partial charge in [0.1, 0.15) is 12.6 Å². The molecule has 1 unspecified atom stereocenters. The Morgan fingerprint density at radius 1 is 1.23 bits per heavy atom. The number of nitrogens with zero attached hydrogens (tertiary/aromatic N) is 3. The van der Waals surface area contributed by atoms with Crippen LogP contribution in [0, 0.1) is 0 Å². The van der Waals surface area contributed by atoms with E-state index in [4.69, 9.17) is 30.9 Å². The molecule has 1 aliphatic heterocycles. The van der Waals surface area contributed by atoms with Crippen molar-refractivity contribution >= 4 is 51.2 Å². The molecule has 3 aromatic rings. The number of hydrogen-bond acceptors (Lipinski definition) is 8. The minimum atomic E-state index is -0.593. The largest absolute Gasteiger partial charge is 0.490 e. The molecule has 1 N–H and O–H groups in total. The van der Waals surface area contributed by atoms with Gasteiger partial charge in [-0.3, -0.25) is 0 Å². The molecular formula is C28H32BrClN4O4S. The third kappa shape index (κ3) is 6.73. The minimum Gasteiger partial charge on any atom is -0.490 e. The average molecular weight is 636 g/mol. The summed E-state index contributed by atoms with van der Waals surface area (Å²) in [5.74, 6) is 2.10. The highest BCUT2D eigenvalue weighted by Crippen LogP contribution is 2.44. The average Bonchev–Trinajstić information content (AvgIpc) is 3.28. The van der Waals surface area contributed by atoms with Gasteiger partial charge in [0, 0.05) is 22.0 Å². The zero-order valence-electron chi connectivity index (χ0n) is 22.6. The molecule has 1 atom stereocenters. The number of fused-ring (bicyclic) bond motifs is 1. The molecule has 208 valence electrons. The van der Waals surface area contributed by atoms with Crippen LogP contribution in [0.4, 0.5) is 5.95 Å². The molecule has 4 rings (SSSR count). The van der Waals surface area contributed by atoms with Crippen LogP contribution in [0.5, 0.6) is 11.5 Å². The summed E-state index contributed by atoms with van der Waals surface area (Å²) >= 11 is 11.6. The van der Waals surface area contributed by atoms with E-state index in [-0.39, 0.29) is 12.7 Å². The van der Waals surface area contributed by atoms with E-state index >= 15 is 0 Å². The second-order valence-electron chi connectivity index (χ2n) is 9.17. The first-order valence-corrected chi connectivity index (χ1v) is 15.0. The first kappa shape index (κ1) is 29.3. The van der Waals surface area contributed by atoms with E-state index in [0.717, 1.165) is 23.3 Å². The standard InChI is InChI=1S/C28H32BrClN4O4S/c1-6-12-39-28-32-27-31-17(5)23(26(35)38-16(3)4)24(34(27)33-28)19-13-20(29)25(22(14-19)36-7-2)37-15-18-10-8-9-11-21(18)30/h8-11,13-14,16,24H,6-7,12,15H2,1-5H3,(H,31,32,33). The lowest BCUT2D eigenvalue weighted by Gasteiger charge is -2.29. The number of carbonyl (C=O) groups is 1. The molecule has 2 heterocycles. The quantitative estimate of drug-likeness (QED) is 0.172. The number of allylic oxidation sites excluding steroid dienone is 1. The first-order chi connectivity index (χ1) is 18.7. The third-order valence-electron chi connectivity index (χ3n) is 5.81. The van der Waals surface area contributed by atoms with E-state index in [1.807, 2.05) is 64.1 Å². The van der Waals surface area contributed by atoms with E-state index in [9.17, 15) is 4.79 Å². The monoisotopic (exact) mass is 634 g/mol. The van der Waals surface area contributed by atoms with Gasteiger partial charge >= 0.3 is 5.97 Å². The van der Waals surface area contributed by atoms with Crippen LogP contribution >= 0.6 is 39.3 Å². The van der Waals surface area contributed by atoms with Crippen molar-refractivity contribution in [1.82, 2.24) is 14.8 Å². The van der Waals surface area contributed by atoms with Crippen LogP contribution < -0.4 is 14.8 Å². The number of rotatable bonds is 11. The first-order valence-electron chi connectivity index (χ1n) is 12.8. The van der Waals surface area contributed by atoms with Crippen LogP contribution in [0.15, 0.2) is 57.3 Å². The molecule has 39 heavy (non-hydrogen) atoms. The smallest absolute Gasteiger partial charge is 0.338 e. The topological polar surface area (TPSA) is 87.5 Å². The number of thioether (sulfide) groups is 1. The van der Waals surface area contributed by atoms with Crippen LogP contribution in [0.2, 0.25) is 5.02 Å². The van der Waals surface area contributed by atoms with E-state index in [1.54, 1.807) is 16.4 Å². The maximum atomic E-state index is 13.4. The van der Waals surface area contributed by atoms with Gasteiger partial charge in [-0.1, -0.05) is 48.5 Å². The molecular weight excluding hydrogens is 604 g/mol. The number of aromatic nitrogens is 3. The Labute approximate surface area is 246 Å². The molecule has 0 saturated heterocycles. The molecule has 0 bridgehead atoms. The van der Waals surface area contributed by atoms with Crippen molar-refractivity contribution in [3.63, 3.8) is 0 Å². The molecule has 1 aromatic heterocycles. The number of halogens is 2. The molecule has 11 heteroatoms. The van der Waals surface area contributed by atoms with Crippen LogP contribution in [0.1, 0.15) is 58.2 Å². The number of ether oxygens (including phenoxy) is 3. The second kappa shape index (κ2) is 13.1. The summed E-state index contributed by atoms with van der Waals surface area (Å²) < 4.78 is 20.3. The number of hydrogen-bond donors (Lipinski definition) is 1. The molecule has 0 saturated carbocycles. The van der Waals surface area contributed by atoms with Crippen molar-refractivity contribution in [2.45, 2.75) is 64.9 Å². The lowest BCUT2D eigenvalue weighted by Crippen LogP contribution is -2.30. The highest BCUT2D eigenvalue weighted by atomic mass is 79.9. The lowest BCUT2D eigenvalue weighted by atomic mass is 9.95. The highest BCUT2D eigenvalue weighted by Gasteiger charge is 2.36. The molecule has 0 spiro atoms. The summed E-state index contributed by atoms with van der Waals surface area (Å²) in [7, 11) is 0. The highest BCUT2D eigenvalue weighted by molar-refractivity contribution is 9.10. The molecule has 0 fully saturated rings. The van der Waals surface area contributed by atoms with Gasteiger partial charge in [0.05, 0.1) is 22.8 Å². The van der Waals surface area contributed by atoms with E-state index < -0.39 is 12.0 Å². The Bertz CT molecular complexity index is 1380. The minimum absolute atomic E-state index is 0.265. The summed E-state index contributed by atoms with van der Waals surface area (Å²) in [6.07, 6.45) is 0.715. The second-order valence-corrected chi connectivity index (χ2v) is 11.5. The number of anilines is 1. The third-order valence-corrected chi connectivity index (χ3v) is 7.81. The maximum absolute atomic E-state index is 13.4. The Balaban J connectivity index is 1.79. The Kier molecular flexibility index (Phi) is 9.85. The van der Waals surface area contributed by atoms with Gasteiger partial charge in [-0.2, -0.15) is 4.98 Å². The van der Waals surface area contributed by atoms with Gasteiger partial charge < -0.3 is 19.5 Å². The number of benzene rings is 2. The van der Waals surface area contributed by atoms with Crippen molar-refractivity contribution in [2.75, 3.05) is 17.7 Å². The van der Waals surface area contributed by atoms with Gasteiger partial charge in [0.2, 0.25) is 11.1 Å². The van der Waals surface area contributed by atoms with Gasteiger partial charge in [0.15, 0.2) is 11.5 Å². The summed E-state index contributed by atoms with van der Waals surface area (Å²) in [4.78, 5) is 18.1. The summed E-state index contributed by atoms with van der Waals surface area (Å²) in [5.41, 5.74) is 2.74. The van der Waals surface area contributed by atoms with Crippen LogP contribution in [-0.2, 0) is 16.1 Å². The predicted octanol–water partition coefficient (Wildman–Crippen LogP) is 7.41. The van der Waals surface area contributed by atoms with Crippen molar-refractivity contribution in [2.24, 2.45) is 0 Å². The van der Waals surface area contributed by atoms with Crippen LogP contribution in [0.25, 0.3) is 0 Å². The van der Waals surface area contributed by atoms with Gasteiger partial charge in [-0.25, -0.2) is 9.48 Å². The van der Waals surface area contributed by atoms with Crippen molar-refractivity contribution in [3.05, 3.63) is 68.3 Å². The molecule has 2 aromatic carbocycles. The molecule has 8 nitrogen and oxygen atoms in total. The van der Waals surface area contributed by atoms with E-state index in [0.29, 0.717) is 50.0 Å². The SMILES string of the molecule is CCCSc1nc2n(n1)C(c1cc(Br)c(OCc3ccccc3Cl)c(OCC)c1)C(C(=O)OC(C)C)=C(C)N2. The van der Waals surface area contributed by atoms with Gasteiger partial charge in [-0.15, -0.1) is 5.10 Å². The van der Waals surface area contributed by atoms with Crippen molar-refractivity contribution in [1.29, 1.82) is 0 Å². The Morgan fingerprint density at radius 2 is 2.00 bits per heavy atom. The normalized spacial score (nSPS) is 14.7. The van der Waals surface area contributed by atoms with Crippen molar-refractivity contribution in [3.8, 4) is 11.5 Å². The molecule has 1 aliphatic rings. The fourth-order valence-electron chi connectivity index (χ4n) is 4.15. The molecule has 0 amide bonds. The van der Waals surface area contributed by atoms with Crippen molar-refractivity contribution < 1.29 is 19.0 Å². The van der Waals surface area contributed by atoms with E-state index in [2.05, 4.69) is 33.2 Å². The zero-order chi connectivity index (χ0) is 28.1. The summed E-state index contributed by atoms with van der Waals surface area (Å²) in [5, 5.41) is 9.28. The van der Waals surface area contributed by atoms with E-state index in [1.165, 1.54) is 0 Å². The summed E-state index contributed by atoms with van der Waals surface area (Å²) in [6.45, 7) is 10.2. The number of nitrogens with one attached hydrogen (secondary N) is 1. The van der Waals surface area contributed by atoms with Crippen LogP contribution in [-0.4, -0.2) is 39.2 Å². The lowest BCUT2D eigenvalue weighted by molar-refractivity contribution is -0.143. The number of esters is 1. The van der Waals surface area contributed by atoms with Gasteiger partial charge in [0.25, 0.3) is 0 Å². The Hall–Kier alpha value is -2.69. The number of carbonyl (C=O) groups excluding carboxylic acids is 1. The van der Waals surface area contributed by atoms with Crippen LogP contribution in [0.3, 0.4) is 0 Å². The predicted molar refractivity (Wildman–Crippen MR) is 158 cm³/mol. The molecule has 0 aliphatic carbocycles. The molecule has 0 radical (unpaired) electrons. The van der Waals surface area contributed by atoms with Gasteiger partial charge in [-0.05, 0) is 73.8 Å². The summed E-state index contributed by atoms with van der Waals surface area (Å²) in [6, 6.07) is 10.7. The fourth-order valence-corrected chi connectivity index (χ4v) is 5.60. The zero-order valence-corrected chi connectivity index (χ0v) is 25.7.